The third-order valence-electron chi connectivity index (χ3n) is 3.74. The quantitative estimate of drug-likeness (QED) is 0.692. The van der Waals surface area contributed by atoms with E-state index in [1.54, 1.807) is 11.9 Å². The van der Waals surface area contributed by atoms with Gasteiger partial charge in [-0.15, -0.1) is 0 Å². The third-order valence-corrected chi connectivity index (χ3v) is 3.74. The van der Waals surface area contributed by atoms with E-state index in [9.17, 15) is 14.4 Å². The zero-order chi connectivity index (χ0) is 17.2. The second kappa shape index (κ2) is 6.39. The molecule has 126 valence electrons. The number of hydrogen-bond donors (Lipinski definition) is 3. The van der Waals surface area contributed by atoms with Gasteiger partial charge in [0.25, 0.3) is 5.91 Å². The normalized spacial score (nSPS) is 17.8. The van der Waals surface area contributed by atoms with Gasteiger partial charge in [-0.1, -0.05) is 20.8 Å². The van der Waals surface area contributed by atoms with Gasteiger partial charge in [0.15, 0.2) is 0 Å². The largest absolute Gasteiger partial charge is 0.340 e. The van der Waals surface area contributed by atoms with E-state index in [1.807, 2.05) is 6.07 Å². The van der Waals surface area contributed by atoms with Gasteiger partial charge in [-0.05, 0) is 12.5 Å². The molecule has 8 heteroatoms. The summed E-state index contributed by atoms with van der Waals surface area (Å²) in [4.78, 5) is 36.2. The Morgan fingerprint density at radius 2 is 2.04 bits per heavy atom. The third kappa shape index (κ3) is 4.30. The zero-order valence-electron chi connectivity index (χ0n) is 13.9. The van der Waals surface area contributed by atoms with Crippen LogP contribution in [0.1, 0.15) is 45.0 Å². The number of H-pyrrole nitrogens is 1. The number of amides is 4. The van der Waals surface area contributed by atoms with E-state index in [4.69, 9.17) is 0 Å². The topological polar surface area (TPSA) is 107 Å². The molecule has 8 nitrogen and oxygen atoms in total. The number of urea groups is 1. The number of aromatic nitrogens is 2. The second-order valence-corrected chi connectivity index (χ2v) is 6.83. The number of imide groups is 1. The number of rotatable bonds is 5. The number of hydrogen-bond acceptors (Lipinski definition) is 4. The molecule has 0 unspecified atom stereocenters. The summed E-state index contributed by atoms with van der Waals surface area (Å²) in [6, 6.07) is 0.821. The van der Waals surface area contributed by atoms with Crippen LogP contribution in [0.15, 0.2) is 6.07 Å². The lowest BCUT2D eigenvalue weighted by atomic mass is 9.92. The Labute approximate surface area is 135 Å². The minimum atomic E-state index is -0.625. The predicted octanol–water partition coefficient (Wildman–Crippen LogP) is 0.654. The molecule has 4 amide bonds. The van der Waals surface area contributed by atoms with Gasteiger partial charge in [0.2, 0.25) is 5.91 Å². The lowest BCUT2D eigenvalue weighted by Gasteiger charge is -2.17. The maximum absolute atomic E-state index is 12.1. The molecular weight excluding hydrogens is 298 g/mol. The van der Waals surface area contributed by atoms with Gasteiger partial charge < -0.3 is 10.2 Å². The summed E-state index contributed by atoms with van der Waals surface area (Å²) in [6.07, 6.45) is 0.478. The Kier molecular flexibility index (Phi) is 4.72. The van der Waals surface area contributed by atoms with Crippen LogP contribution in [0.4, 0.5) is 4.79 Å². The van der Waals surface area contributed by atoms with Crippen LogP contribution in [0.3, 0.4) is 0 Å². The molecule has 1 aliphatic heterocycles. The van der Waals surface area contributed by atoms with E-state index in [-0.39, 0.29) is 30.1 Å². The molecule has 0 bridgehead atoms. The molecule has 0 radical (unpaired) electrons. The van der Waals surface area contributed by atoms with Crippen molar-refractivity contribution in [2.75, 3.05) is 7.05 Å². The van der Waals surface area contributed by atoms with E-state index >= 15 is 0 Å². The fourth-order valence-electron chi connectivity index (χ4n) is 2.29. The van der Waals surface area contributed by atoms with Crippen molar-refractivity contribution in [1.82, 2.24) is 25.7 Å². The number of nitrogens with zero attached hydrogens (tertiary/aromatic N) is 2. The summed E-state index contributed by atoms with van der Waals surface area (Å²) in [6.45, 7) is 6.64. The van der Waals surface area contributed by atoms with Crippen molar-refractivity contribution in [1.29, 1.82) is 0 Å². The first-order chi connectivity index (χ1) is 10.7. The molecule has 1 aliphatic rings. The van der Waals surface area contributed by atoms with Crippen molar-refractivity contribution in [2.24, 2.45) is 0 Å². The molecular formula is C15H23N5O3. The molecule has 1 atom stereocenters. The predicted molar refractivity (Wildman–Crippen MR) is 83.5 cm³/mol. The number of carbonyl (C=O) groups excluding carboxylic acids is 3. The van der Waals surface area contributed by atoms with E-state index in [2.05, 4.69) is 41.6 Å². The second-order valence-electron chi connectivity index (χ2n) is 6.83. The first-order valence-corrected chi connectivity index (χ1v) is 7.57. The minimum Gasteiger partial charge on any atom is -0.340 e. The SMILES string of the molecule is CN(Cc1cc(C(C)(C)C)n[nH]1)C(=O)CC[C@H]1NC(=O)NC1=O. The number of carbonyl (C=O) groups is 3. The van der Waals surface area contributed by atoms with E-state index in [1.165, 1.54) is 0 Å². The summed E-state index contributed by atoms with van der Waals surface area (Å²) < 4.78 is 0. The molecule has 2 rings (SSSR count). The fraction of sp³-hybridized carbons (Fsp3) is 0.600. The monoisotopic (exact) mass is 321 g/mol. The minimum absolute atomic E-state index is 0.0502. The first kappa shape index (κ1) is 17.0. The highest BCUT2D eigenvalue weighted by atomic mass is 16.2. The molecule has 3 N–H and O–H groups in total. The van der Waals surface area contributed by atoms with Crippen molar-refractivity contribution in [3.8, 4) is 0 Å². The van der Waals surface area contributed by atoms with Crippen LogP contribution >= 0.6 is 0 Å². The van der Waals surface area contributed by atoms with Gasteiger partial charge in [-0.2, -0.15) is 5.10 Å². The van der Waals surface area contributed by atoms with Crippen molar-refractivity contribution in [3.63, 3.8) is 0 Å². The van der Waals surface area contributed by atoms with E-state index in [0.717, 1.165) is 11.4 Å². The van der Waals surface area contributed by atoms with E-state index in [0.29, 0.717) is 6.54 Å². The van der Waals surface area contributed by atoms with Crippen LogP contribution in [0.2, 0.25) is 0 Å². The fourth-order valence-corrected chi connectivity index (χ4v) is 2.29. The molecule has 0 saturated carbocycles. The summed E-state index contributed by atoms with van der Waals surface area (Å²) >= 11 is 0. The van der Waals surface area contributed by atoms with Crippen molar-refractivity contribution >= 4 is 17.8 Å². The number of aromatic amines is 1. The highest BCUT2D eigenvalue weighted by Gasteiger charge is 2.29. The van der Waals surface area contributed by atoms with Crippen LogP contribution in [-0.4, -0.2) is 46.0 Å². The maximum atomic E-state index is 12.1. The van der Waals surface area contributed by atoms with Crippen LogP contribution in [0.25, 0.3) is 0 Å². The summed E-state index contributed by atoms with van der Waals surface area (Å²) in [5.74, 6) is -0.473. The average Bonchev–Trinajstić information content (AvgIpc) is 3.02. The molecule has 0 aliphatic carbocycles. The molecule has 0 aromatic carbocycles. The first-order valence-electron chi connectivity index (χ1n) is 7.57. The van der Waals surface area contributed by atoms with Gasteiger partial charge in [-0.25, -0.2) is 4.79 Å². The lowest BCUT2D eigenvalue weighted by Crippen LogP contribution is -2.32. The highest BCUT2D eigenvalue weighted by Crippen LogP contribution is 2.20. The Morgan fingerprint density at radius 1 is 1.35 bits per heavy atom. The zero-order valence-corrected chi connectivity index (χ0v) is 13.9. The van der Waals surface area contributed by atoms with Gasteiger partial charge in [0, 0.05) is 18.9 Å². The maximum Gasteiger partial charge on any atom is 0.322 e. The van der Waals surface area contributed by atoms with Crippen molar-refractivity contribution in [3.05, 3.63) is 17.5 Å². The molecule has 0 spiro atoms. The Hall–Kier alpha value is -2.38. The molecule has 1 aromatic rings. The summed E-state index contributed by atoms with van der Waals surface area (Å²) in [7, 11) is 1.70. The highest BCUT2D eigenvalue weighted by molar-refractivity contribution is 6.04. The summed E-state index contributed by atoms with van der Waals surface area (Å²) in [5, 5.41) is 11.8. The van der Waals surface area contributed by atoms with Gasteiger partial charge >= 0.3 is 6.03 Å². The molecule has 1 aromatic heterocycles. The average molecular weight is 321 g/mol. The molecule has 1 fully saturated rings. The lowest BCUT2D eigenvalue weighted by molar-refractivity contribution is -0.130. The van der Waals surface area contributed by atoms with Crippen LogP contribution < -0.4 is 10.6 Å². The van der Waals surface area contributed by atoms with E-state index < -0.39 is 12.1 Å². The molecule has 1 saturated heterocycles. The molecule has 2 heterocycles. The van der Waals surface area contributed by atoms with Crippen molar-refractivity contribution in [2.45, 2.75) is 51.6 Å². The Morgan fingerprint density at radius 3 is 2.57 bits per heavy atom. The van der Waals surface area contributed by atoms with Crippen LogP contribution in [-0.2, 0) is 21.5 Å². The number of nitrogens with one attached hydrogen (secondary N) is 3. The Balaban J connectivity index is 1.84. The van der Waals surface area contributed by atoms with Gasteiger partial charge in [0.1, 0.15) is 6.04 Å². The summed E-state index contributed by atoms with van der Waals surface area (Å²) in [5.41, 5.74) is 1.75. The standard InChI is InChI=1S/C15H23N5O3/c1-15(2,3)11-7-9(18-19-11)8-20(4)12(21)6-5-10-13(22)17-14(23)16-10/h7,10H,5-6,8H2,1-4H3,(H,18,19)(H2,16,17,22,23)/t10-/m1/s1. The van der Waals surface area contributed by atoms with Crippen LogP contribution in [0.5, 0.6) is 0 Å². The van der Waals surface area contributed by atoms with Crippen molar-refractivity contribution < 1.29 is 14.4 Å². The Bertz CT molecular complexity index is 617. The van der Waals surface area contributed by atoms with Crippen LogP contribution in [0, 0.1) is 0 Å². The van der Waals surface area contributed by atoms with Gasteiger partial charge in [-0.3, -0.25) is 20.0 Å². The smallest absolute Gasteiger partial charge is 0.322 e. The van der Waals surface area contributed by atoms with Gasteiger partial charge in [0.05, 0.1) is 17.9 Å². The molecule has 23 heavy (non-hydrogen) atoms.